The molecule has 2 unspecified atom stereocenters. The smallest absolute Gasteiger partial charge is 0.240 e. The van der Waals surface area contributed by atoms with E-state index in [0.29, 0.717) is 19.5 Å². The highest BCUT2D eigenvalue weighted by atomic mass is 35.5. The van der Waals surface area contributed by atoms with Crippen LogP contribution in [0.5, 0.6) is 0 Å². The highest BCUT2D eigenvalue weighted by Gasteiger charge is 2.32. The molecule has 1 aliphatic heterocycles. The number of nitrogens with one attached hydrogen (secondary N) is 1. The van der Waals surface area contributed by atoms with Gasteiger partial charge in [-0.25, -0.2) is 0 Å². The third kappa shape index (κ3) is 6.22. The summed E-state index contributed by atoms with van der Waals surface area (Å²) in [5.74, 6) is 0.0252. The summed E-state index contributed by atoms with van der Waals surface area (Å²) in [6.45, 7) is 7.23. The number of carbonyl (C=O) groups is 2. The molecular formula is C21H34ClN3O2. The molecule has 0 aliphatic carbocycles. The summed E-state index contributed by atoms with van der Waals surface area (Å²) in [6.07, 6.45) is 3.91. The Morgan fingerprint density at radius 3 is 2.33 bits per heavy atom. The first-order chi connectivity index (χ1) is 12.4. The van der Waals surface area contributed by atoms with E-state index in [1.807, 2.05) is 42.2 Å². The van der Waals surface area contributed by atoms with Crippen molar-refractivity contribution in [1.82, 2.24) is 10.2 Å². The monoisotopic (exact) mass is 395 g/mol. The maximum absolute atomic E-state index is 12.9. The largest absolute Gasteiger partial charge is 0.352 e. The van der Waals surface area contributed by atoms with Gasteiger partial charge >= 0.3 is 0 Å². The van der Waals surface area contributed by atoms with Crippen LogP contribution >= 0.6 is 12.4 Å². The molecule has 0 aromatic heterocycles. The molecule has 2 rings (SSSR count). The van der Waals surface area contributed by atoms with E-state index in [0.717, 1.165) is 31.2 Å². The molecule has 0 saturated carbocycles. The number of carbonyl (C=O) groups excluding carboxylic acids is 2. The maximum atomic E-state index is 12.9. The molecule has 0 radical (unpaired) electrons. The van der Waals surface area contributed by atoms with Crippen molar-refractivity contribution < 1.29 is 9.59 Å². The Kier molecular flexibility index (Phi) is 9.27. The van der Waals surface area contributed by atoms with E-state index in [2.05, 4.69) is 12.2 Å². The number of amides is 2. The molecule has 2 atom stereocenters. The van der Waals surface area contributed by atoms with Crippen molar-refractivity contribution in [2.24, 2.45) is 5.73 Å². The molecule has 2 amide bonds. The van der Waals surface area contributed by atoms with Crippen LogP contribution in [0.15, 0.2) is 30.3 Å². The number of rotatable bonds is 7. The van der Waals surface area contributed by atoms with Gasteiger partial charge in [0.2, 0.25) is 11.8 Å². The summed E-state index contributed by atoms with van der Waals surface area (Å²) in [5.41, 5.74) is 6.37. The number of hydrogen-bond acceptors (Lipinski definition) is 3. The number of benzene rings is 1. The number of nitrogens with zero attached hydrogens (tertiary/aromatic N) is 1. The molecule has 5 nitrogen and oxygen atoms in total. The lowest BCUT2D eigenvalue weighted by atomic mass is 9.93. The van der Waals surface area contributed by atoms with Crippen molar-refractivity contribution in [3.63, 3.8) is 0 Å². The first-order valence-electron chi connectivity index (χ1n) is 9.82. The van der Waals surface area contributed by atoms with E-state index in [-0.39, 0.29) is 36.2 Å². The molecule has 0 bridgehead atoms. The average Bonchev–Trinajstić information content (AvgIpc) is 2.63. The molecule has 1 heterocycles. The first-order valence-corrected chi connectivity index (χ1v) is 9.82. The number of hydrogen-bond donors (Lipinski definition) is 2. The summed E-state index contributed by atoms with van der Waals surface area (Å²) in [6, 6.07) is 10.1. The Morgan fingerprint density at radius 1 is 1.22 bits per heavy atom. The second-order valence-corrected chi connectivity index (χ2v) is 7.61. The molecule has 1 aliphatic rings. The summed E-state index contributed by atoms with van der Waals surface area (Å²) in [7, 11) is 0. The lowest BCUT2D eigenvalue weighted by Crippen LogP contribution is -2.56. The molecule has 1 aromatic carbocycles. The number of likely N-dealkylation sites (tertiary alicyclic amines) is 1. The fourth-order valence-electron chi connectivity index (χ4n) is 3.69. The number of halogens is 1. The lowest BCUT2D eigenvalue weighted by molar-refractivity contribution is -0.134. The number of nitrogens with two attached hydrogens (primary N) is 1. The minimum Gasteiger partial charge on any atom is -0.352 e. The van der Waals surface area contributed by atoms with Crippen LogP contribution in [0.1, 0.15) is 64.4 Å². The van der Waals surface area contributed by atoms with E-state index < -0.39 is 5.54 Å². The van der Waals surface area contributed by atoms with Gasteiger partial charge in [0.05, 0.1) is 11.5 Å². The lowest BCUT2D eigenvalue weighted by Gasteiger charge is -2.36. The molecule has 3 N–H and O–H groups in total. The first kappa shape index (κ1) is 23.4. The minimum atomic E-state index is -0.817. The van der Waals surface area contributed by atoms with E-state index in [1.54, 1.807) is 6.92 Å². The maximum Gasteiger partial charge on any atom is 0.240 e. The predicted molar refractivity (Wildman–Crippen MR) is 112 cm³/mol. The molecule has 1 fully saturated rings. The van der Waals surface area contributed by atoms with Gasteiger partial charge in [0.1, 0.15) is 0 Å². The Morgan fingerprint density at radius 2 is 1.81 bits per heavy atom. The van der Waals surface area contributed by atoms with Crippen molar-refractivity contribution >= 4 is 24.2 Å². The Hall–Kier alpha value is -1.59. The molecule has 1 saturated heterocycles. The van der Waals surface area contributed by atoms with Crippen LogP contribution in [0.4, 0.5) is 0 Å². The molecular weight excluding hydrogens is 362 g/mol. The van der Waals surface area contributed by atoms with Crippen LogP contribution in [-0.4, -0.2) is 41.4 Å². The summed E-state index contributed by atoms with van der Waals surface area (Å²) in [5, 5.41) is 3.08. The predicted octanol–water partition coefficient (Wildman–Crippen LogP) is 3.23. The molecule has 0 spiro atoms. The second kappa shape index (κ2) is 10.7. The van der Waals surface area contributed by atoms with Gasteiger partial charge in [0.25, 0.3) is 0 Å². The van der Waals surface area contributed by atoms with Crippen LogP contribution in [0.3, 0.4) is 0 Å². The van der Waals surface area contributed by atoms with Gasteiger partial charge < -0.3 is 16.0 Å². The van der Waals surface area contributed by atoms with Crippen molar-refractivity contribution in [2.75, 3.05) is 13.1 Å². The van der Waals surface area contributed by atoms with Crippen LogP contribution in [0.2, 0.25) is 0 Å². The van der Waals surface area contributed by atoms with Crippen molar-refractivity contribution in [3.8, 4) is 0 Å². The number of piperidine rings is 1. The highest BCUT2D eigenvalue weighted by molar-refractivity contribution is 5.86. The third-order valence-electron chi connectivity index (χ3n) is 5.34. The standard InChI is InChI=1S/C21H33N3O2.ClH/c1-4-13-21(3,22)20(26)23-17-11-14-24(15-12-17)19(25)18(5-2)16-9-7-6-8-10-16;/h6-10,17-18H,4-5,11-15,22H2,1-3H3,(H,23,26);1H. The zero-order chi connectivity index (χ0) is 19.2. The summed E-state index contributed by atoms with van der Waals surface area (Å²) >= 11 is 0. The fourth-order valence-corrected chi connectivity index (χ4v) is 3.69. The third-order valence-corrected chi connectivity index (χ3v) is 5.34. The zero-order valence-corrected chi connectivity index (χ0v) is 17.6. The zero-order valence-electron chi connectivity index (χ0n) is 16.7. The molecule has 6 heteroatoms. The van der Waals surface area contributed by atoms with Crippen LogP contribution < -0.4 is 11.1 Å². The molecule has 27 heavy (non-hydrogen) atoms. The van der Waals surface area contributed by atoms with Crippen LogP contribution in [0.25, 0.3) is 0 Å². The second-order valence-electron chi connectivity index (χ2n) is 7.61. The van der Waals surface area contributed by atoms with Gasteiger partial charge in [0, 0.05) is 19.1 Å². The Bertz CT molecular complexity index is 599. The Labute approximate surface area is 169 Å². The summed E-state index contributed by atoms with van der Waals surface area (Å²) < 4.78 is 0. The average molecular weight is 396 g/mol. The topological polar surface area (TPSA) is 75.4 Å². The minimum absolute atomic E-state index is 0. The van der Waals surface area contributed by atoms with Gasteiger partial charge in [-0.15, -0.1) is 12.4 Å². The van der Waals surface area contributed by atoms with Gasteiger partial charge in [-0.1, -0.05) is 50.6 Å². The SMILES string of the molecule is CCCC(C)(N)C(=O)NC1CCN(C(=O)C(CC)c2ccccc2)CC1.Cl. The van der Waals surface area contributed by atoms with E-state index in [4.69, 9.17) is 5.73 Å². The van der Waals surface area contributed by atoms with Gasteiger partial charge in [-0.05, 0) is 38.2 Å². The molecule has 1 aromatic rings. The van der Waals surface area contributed by atoms with Gasteiger partial charge in [-0.3, -0.25) is 9.59 Å². The highest BCUT2D eigenvalue weighted by Crippen LogP contribution is 2.24. The van der Waals surface area contributed by atoms with Crippen molar-refractivity contribution in [1.29, 1.82) is 0 Å². The quantitative estimate of drug-likeness (QED) is 0.744. The van der Waals surface area contributed by atoms with Crippen molar-refractivity contribution in [3.05, 3.63) is 35.9 Å². The Balaban J connectivity index is 0.00000364. The fraction of sp³-hybridized carbons (Fsp3) is 0.619. The van der Waals surface area contributed by atoms with Gasteiger partial charge in [0.15, 0.2) is 0 Å². The van der Waals surface area contributed by atoms with Crippen LogP contribution in [-0.2, 0) is 9.59 Å². The van der Waals surface area contributed by atoms with Crippen molar-refractivity contribution in [2.45, 2.75) is 70.4 Å². The van der Waals surface area contributed by atoms with E-state index in [9.17, 15) is 9.59 Å². The van der Waals surface area contributed by atoms with Gasteiger partial charge in [-0.2, -0.15) is 0 Å². The molecule has 152 valence electrons. The summed E-state index contributed by atoms with van der Waals surface area (Å²) in [4.78, 5) is 27.2. The van der Waals surface area contributed by atoms with E-state index >= 15 is 0 Å². The van der Waals surface area contributed by atoms with E-state index in [1.165, 1.54) is 0 Å². The van der Waals surface area contributed by atoms with Crippen LogP contribution in [0, 0.1) is 0 Å². The normalized spacial score (nSPS) is 18.1.